The second kappa shape index (κ2) is 5.29. The third-order valence-corrected chi connectivity index (χ3v) is 6.53. The smallest absolute Gasteiger partial charge is 0.219 e. The summed E-state index contributed by atoms with van der Waals surface area (Å²) in [6, 6.07) is 0. The Morgan fingerprint density at radius 1 is 1.50 bits per heavy atom. The highest BCUT2D eigenvalue weighted by Gasteiger charge is 2.51. The predicted molar refractivity (Wildman–Crippen MR) is 82.4 cm³/mol. The maximum Gasteiger partial charge on any atom is 0.219 e. The fourth-order valence-electron chi connectivity index (χ4n) is 2.90. The molecule has 0 aromatic carbocycles. The van der Waals surface area contributed by atoms with Crippen LogP contribution in [0.1, 0.15) is 31.6 Å². The number of nitrogens with one attached hydrogen (secondary N) is 2. The molecule has 20 heavy (non-hydrogen) atoms. The largest absolute Gasteiger partial charge is 0.317 e. The van der Waals surface area contributed by atoms with Crippen LogP contribution in [-0.4, -0.2) is 39.8 Å². The van der Waals surface area contributed by atoms with Gasteiger partial charge in [-0.2, -0.15) is 0 Å². The number of rotatable bonds is 3. The molecule has 3 rings (SSSR count). The summed E-state index contributed by atoms with van der Waals surface area (Å²) in [5, 5.41) is 6.35. The Hall–Kier alpha value is -0.630. The van der Waals surface area contributed by atoms with Gasteiger partial charge < -0.3 is 5.32 Å². The van der Waals surface area contributed by atoms with Crippen molar-refractivity contribution < 1.29 is 4.79 Å². The fourth-order valence-corrected chi connectivity index (χ4v) is 5.34. The zero-order valence-corrected chi connectivity index (χ0v) is 13.4. The summed E-state index contributed by atoms with van der Waals surface area (Å²) in [7, 11) is 0. The van der Waals surface area contributed by atoms with Crippen LogP contribution in [0.5, 0.6) is 0 Å². The first kappa shape index (κ1) is 14.3. The summed E-state index contributed by atoms with van der Waals surface area (Å²) >= 11 is 3.45. The molecule has 2 N–H and O–H groups in total. The van der Waals surface area contributed by atoms with E-state index in [-0.39, 0.29) is 11.4 Å². The summed E-state index contributed by atoms with van der Waals surface area (Å²) in [5.74, 6) is 0.928. The highest BCUT2D eigenvalue weighted by Crippen LogP contribution is 2.43. The number of hydrogen-bond donors (Lipinski definition) is 2. The molecule has 7 heteroatoms. The standard InChI is InChI=1S/C13H20N4OS2/c1-10(18)15-13(17-5-3-4-6-17)16-12(2,8-20-13)11-7-14-9-19-11/h7,9,16H,3-6,8H2,1-2H3,(H,15,18). The topological polar surface area (TPSA) is 57.3 Å². The van der Waals surface area contributed by atoms with Crippen LogP contribution in [0.3, 0.4) is 0 Å². The Labute approximate surface area is 127 Å². The number of carbonyl (C=O) groups is 1. The molecule has 1 aromatic heterocycles. The quantitative estimate of drug-likeness (QED) is 0.887. The Bertz CT molecular complexity index is 489. The number of hydrogen-bond acceptors (Lipinski definition) is 6. The maximum absolute atomic E-state index is 11.7. The summed E-state index contributed by atoms with van der Waals surface area (Å²) < 4.78 is 0. The fraction of sp³-hybridized carbons (Fsp3) is 0.692. The molecular formula is C13H20N4OS2. The van der Waals surface area contributed by atoms with Gasteiger partial charge in [-0.25, -0.2) is 0 Å². The van der Waals surface area contributed by atoms with E-state index in [0.29, 0.717) is 0 Å². The van der Waals surface area contributed by atoms with Gasteiger partial charge in [0.2, 0.25) is 5.91 Å². The number of amides is 1. The summed E-state index contributed by atoms with van der Waals surface area (Å²) in [5.41, 5.74) is 1.72. The molecule has 110 valence electrons. The molecular weight excluding hydrogens is 292 g/mol. The SMILES string of the molecule is CC(=O)NC1(N2CCCC2)NC(C)(c2cncs2)CS1. The highest BCUT2D eigenvalue weighted by atomic mass is 32.2. The van der Waals surface area contributed by atoms with E-state index in [1.165, 1.54) is 17.7 Å². The molecule has 2 unspecified atom stereocenters. The summed E-state index contributed by atoms with van der Waals surface area (Å²) in [6.45, 7) is 5.83. The van der Waals surface area contributed by atoms with Crippen molar-refractivity contribution in [2.75, 3.05) is 18.8 Å². The number of thioether (sulfide) groups is 1. The van der Waals surface area contributed by atoms with Gasteiger partial charge in [0.1, 0.15) is 0 Å². The minimum atomic E-state index is -0.471. The molecule has 0 aliphatic carbocycles. The van der Waals surface area contributed by atoms with E-state index >= 15 is 0 Å². The Balaban J connectivity index is 1.87. The monoisotopic (exact) mass is 312 g/mol. The lowest BCUT2D eigenvalue weighted by Crippen LogP contribution is -2.66. The van der Waals surface area contributed by atoms with Gasteiger partial charge in [-0.1, -0.05) is 11.8 Å². The molecule has 0 bridgehead atoms. The van der Waals surface area contributed by atoms with Crippen LogP contribution < -0.4 is 10.6 Å². The van der Waals surface area contributed by atoms with E-state index in [0.717, 1.165) is 18.8 Å². The van der Waals surface area contributed by atoms with E-state index < -0.39 is 5.12 Å². The molecule has 0 spiro atoms. The van der Waals surface area contributed by atoms with Crippen LogP contribution in [0.4, 0.5) is 0 Å². The third kappa shape index (κ3) is 2.47. The van der Waals surface area contributed by atoms with Gasteiger partial charge in [0.15, 0.2) is 5.12 Å². The minimum Gasteiger partial charge on any atom is -0.317 e. The molecule has 0 radical (unpaired) electrons. The van der Waals surface area contributed by atoms with Crippen LogP contribution in [0, 0.1) is 0 Å². The van der Waals surface area contributed by atoms with Gasteiger partial charge in [0, 0.05) is 36.8 Å². The lowest BCUT2D eigenvalue weighted by atomic mass is 10.0. The van der Waals surface area contributed by atoms with E-state index in [1.54, 1.807) is 30.0 Å². The summed E-state index contributed by atoms with van der Waals surface area (Å²) in [6.07, 6.45) is 4.31. The van der Waals surface area contributed by atoms with Crippen LogP contribution in [0.15, 0.2) is 11.7 Å². The highest BCUT2D eigenvalue weighted by molar-refractivity contribution is 8.00. The first-order valence-electron chi connectivity index (χ1n) is 6.90. The first-order valence-corrected chi connectivity index (χ1v) is 8.77. The molecule has 2 atom stereocenters. The van der Waals surface area contributed by atoms with Crippen molar-refractivity contribution >= 4 is 29.0 Å². The van der Waals surface area contributed by atoms with E-state index in [1.807, 2.05) is 11.7 Å². The van der Waals surface area contributed by atoms with Crippen molar-refractivity contribution in [2.45, 2.75) is 37.3 Å². The average Bonchev–Trinajstić information content (AvgIpc) is 3.08. The van der Waals surface area contributed by atoms with Crippen molar-refractivity contribution in [3.63, 3.8) is 0 Å². The second-order valence-electron chi connectivity index (χ2n) is 5.63. The van der Waals surface area contributed by atoms with Gasteiger partial charge in [0.25, 0.3) is 0 Å². The van der Waals surface area contributed by atoms with Gasteiger partial charge in [-0.3, -0.25) is 20.0 Å². The molecule has 2 saturated heterocycles. The van der Waals surface area contributed by atoms with Crippen molar-refractivity contribution in [3.8, 4) is 0 Å². The Morgan fingerprint density at radius 3 is 2.85 bits per heavy atom. The van der Waals surface area contributed by atoms with E-state index in [9.17, 15) is 4.79 Å². The van der Waals surface area contributed by atoms with Crippen molar-refractivity contribution in [1.29, 1.82) is 0 Å². The van der Waals surface area contributed by atoms with Crippen LogP contribution >= 0.6 is 23.1 Å². The van der Waals surface area contributed by atoms with Gasteiger partial charge in [-0.05, 0) is 19.8 Å². The first-order chi connectivity index (χ1) is 9.54. The maximum atomic E-state index is 11.7. The number of carbonyl (C=O) groups excluding carboxylic acids is 1. The summed E-state index contributed by atoms with van der Waals surface area (Å²) in [4.78, 5) is 19.4. The van der Waals surface area contributed by atoms with Gasteiger partial charge in [0.05, 0.1) is 11.0 Å². The molecule has 5 nitrogen and oxygen atoms in total. The predicted octanol–water partition coefficient (Wildman–Crippen LogP) is 1.54. The number of nitrogens with zero attached hydrogens (tertiary/aromatic N) is 2. The molecule has 0 saturated carbocycles. The van der Waals surface area contributed by atoms with Crippen LogP contribution in [-0.2, 0) is 10.3 Å². The molecule has 1 aromatic rings. The van der Waals surface area contributed by atoms with Crippen molar-refractivity contribution in [1.82, 2.24) is 20.5 Å². The minimum absolute atomic E-state index is 0.00505. The molecule has 3 heterocycles. The Morgan fingerprint density at radius 2 is 2.25 bits per heavy atom. The normalized spacial score (nSPS) is 34.5. The number of likely N-dealkylation sites (tertiary alicyclic amines) is 1. The average molecular weight is 312 g/mol. The zero-order valence-electron chi connectivity index (χ0n) is 11.8. The van der Waals surface area contributed by atoms with E-state index in [4.69, 9.17) is 0 Å². The Kier molecular flexibility index (Phi) is 3.79. The van der Waals surface area contributed by atoms with Crippen molar-refractivity contribution in [2.24, 2.45) is 0 Å². The molecule has 2 aliphatic rings. The van der Waals surface area contributed by atoms with Crippen molar-refractivity contribution in [3.05, 3.63) is 16.6 Å². The van der Waals surface area contributed by atoms with E-state index in [2.05, 4.69) is 27.4 Å². The molecule has 1 amide bonds. The number of thiazole rings is 1. The van der Waals surface area contributed by atoms with Gasteiger partial charge >= 0.3 is 0 Å². The molecule has 2 aliphatic heterocycles. The second-order valence-corrected chi connectivity index (χ2v) is 7.69. The molecule has 2 fully saturated rings. The number of aromatic nitrogens is 1. The third-order valence-electron chi connectivity index (χ3n) is 3.89. The zero-order chi connectivity index (χ0) is 14.2. The van der Waals surface area contributed by atoms with Crippen LogP contribution in [0.25, 0.3) is 0 Å². The van der Waals surface area contributed by atoms with Gasteiger partial charge in [-0.15, -0.1) is 11.3 Å². The lowest BCUT2D eigenvalue weighted by Gasteiger charge is -2.40. The lowest BCUT2D eigenvalue weighted by molar-refractivity contribution is -0.122. The van der Waals surface area contributed by atoms with Crippen LogP contribution in [0.2, 0.25) is 0 Å².